The second kappa shape index (κ2) is 7.70. The van der Waals surface area contributed by atoms with Gasteiger partial charge in [0.05, 0.1) is 11.3 Å². The summed E-state index contributed by atoms with van der Waals surface area (Å²) in [5, 5.41) is 4.03. The van der Waals surface area contributed by atoms with Gasteiger partial charge in [0.2, 0.25) is 0 Å². The lowest BCUT2D eigenvalue weighted by atomic mass is 10.2. The highest BCUT2D eigenvalue weighted by Crippen LogP contribution is 2.42. The number of alkyl halides is 6. The fraction of sp³-hybridized carbons (Fsp3) is 0.118. The molecule has 0 aliphatic heterocycles. The number of benzene rings is 1. The van der Waals surface area contributed by atoms with Gasteiger partial charge in [0.25, 0.3) is 0 Å². The molecule has 0 unspecified atom stereocenters. The molecule has 152 valence electrons. The van der Waals surface area contributed by atoms with E-state index in [2.05, 4.69) is 20.6 Å². The first kappa shape index (κ1) is 20.6. The number of nitrogens with zero attached hydrogens (tertiary/aromatic N) is 2. The normalized spacial score (nSPS) is 11.9. The zero-order valence-corrected chi connectivity index (χ0v) is 14.9. The summed E-state index contributed by atoms with van der Waals surface area (Å²) < 4.78 is 77.5. The van der Waals surface area contributed by atoms with E-state index in [-0.39, 0.29) is 27.8 Å². The number of amides is 2. The summed E-state index contributed by atoms with van der Waals surface area (Å²) in [4.78, 5) is 18.6. The van der Waals surface area contributed by atoms with Crippen LogP contribution in [0.2, 0.25) is 0 Å². The van der Waals surface area contributed by atoms with Crippen molar-refractivity contribution in [1.29, 1.82) is 0 Å². The van der Waals surface area contributed by atoms with Crippen molar-refractivity contribution in [3.05, 3.63) is 59.1 Å². The number of urea groups is 1. The van der Waals surface area contributed by atoms with E-state index in [1.165, 1.54) is 24.4 Å². The minimum atomic E-state index is -4.71. The molecule has 29 heavy (non-hydrogen) atoms. The van der Waals surface area contributed by atoms with Crippen molar-refractivity contribution < 1.29 is 31.1 Å². The largest absolute Gasteiger partial charge is 0.427 e. The maximum atomic E-state index is 13.3. The molecule has 0 radical (unpaired) electrons. The van der Waals surface area contributed by atoms with Gasteiger partial charge in [-0.3, -0.25) is 10.3 Å². The summed E-state index contributed by atoms with van der Waals surface area (Å²) in [6, 6.07) is 6.97. The van der Waals surface area contributed by atoms with E-state index >= 15 is 0 Å². The number of aromatic nitrogens is 2. The summed E-state index contributed by atoms with van der Waals surface area (Å²) in [5.74, 6) is 0. The van der Waals surface area contributed by atoms with E-state index in [0.717, 1.165) is 24.3 Å². The molecule has 0 saturated heterocycles. The van der Waals surface area contributed by atoms with Gasteiger partial charge in [-0.05, 0) is 36.4 Å². The van der Waals surface area contributed by atoms with E-state index in [0.29, 0.717) is 0 Å². The van der Waals surface area contributed by atoms with Crippen LogP contribution >= 0.6 is 11.3 Å². The number of hydrogen-bond donors (Lipinski definition) is 2. The average molecular weight is 432 g/mol. The third-order valence-corrected chi connectivity index (χ3v) is 4.50. The quantitative estimate of drug-likeness (QED) is 0.508. The van der Waals surface area contributed by atoms with Crippen molar-refractivity contribution in [2.75, 3.05) is 10.6 Å². The topological polar surface area (TPSA) is 66.9 Å². The fourth-order valence-electron chi connectivity index (χ4n) is 2.24. The number of pyridine rings is 1. The molecule has 1 aromatic carbocycles. The Kier molecular flexibility index (Phi) is 5.46. The molecule has 0 spiro atoms. The number of rotatable bonds is 3. The van der Waals surface area contributed by atoms with Crippen LogP contribution in [-0.2, 0) is 12.4 Å². The highest BCUT2D eigenvalue weighted by Gasteiger charge is 2.38. The van der Waals surface area contributed by atoms with Gasteiger partial charge in [0, 0.05) is 11.9 Å². The molecule has 0 aliphatic rings. The van der Waals surface area contributed by atoms with Crippen molar-refractivity contribution in [1.82, 2.24) is 9.97 Å². The van der Waals surface area contributed by atoms with Crippen LogP contribution in [0.3, 0.4) is 0 Å². The highest BCUT2D eigenvalue weighted by atomic mass is 32.1. The van der Waals surface area contributed by atoms with Crippen LogP contribution in [0.15, 0.2) is 48.7 Å². The molecule has 2 N–H and O–H groups in total. The predicted octanol–water partition coefficient (Wildman–Crippen LogP) is 5.89. The maximum Gasteiger partial charge on any atom is 0.427 e. The second-order valence-electron chi connectivity index (χ2n) is 5.56. The Balaban J connectivity index is 1.78. The lowest BCUT2D eigenvalue weighted by Crippen LogP contribution is -2.19. The van der Waals surface area contributed by atoms with Crippen LogP contribution in [0.25, 0.3) is 11.4 Å². The molecule has 0 atom stereocenters. The van der Waals surface area contributed by atoms with Crippen LogP contribution < -0.4 is 10.6 Å². The Morgan fingerprint density at radius 3 is 2.14 bits per heavy atom. The first-order valence-electron chi connectivity index (χ1n) is 7.79. The van der Waals surface area contributed by atoms with Crippen molar-refractivity contribution in [2.24, 2.45) is 0 Å². The number of anilines is 2. The van der Waals surface area contributed by atoms with Gasteiger partial charge < -0.3 is 5.32 Å². The van der Waals surface area contributed by atoms with E-state index in [9.17, 15) is 31.1 Å². The summed E-state index contributed by atoms with van der Waals surface area (Å²) in [6.45, 7) is 0. The van der Waals surface area contributed by atoms with Crippen LogP contribution in [0.4, 0.5) is 42.0 Å². The molecule has 2 heterocycles. The summed E-state index contributed by atoms with van der Waals surface area (Å²) in [5.41, 5.74) is -1.34. The van der Waals surface area contributed by atoms with Gasteiger partial charge in [0.15, 0.2) is 5.13 Å². The van der Waals surface area contributed by atoms with Gasteiger partial charge in [0.1, 0.15) is 10.6 Å². The minimum absolute atomic E-state index is 0.0210. The Hall–Kier alpha value is -3.15. The standard InChI is InChI=1S/C17H10F6N4OS/c18-16(19,20)9-4-6-10(7-5-9)25-14(28)27-15-26-12(11-3-1-2-8-24-11)13(29-15)17(21,22)23/h1-8H,(H2,25,26,27,28). The molecule has 3 aromatic rings. The molecule has 2 amide bonds. The zero-order valence-electron chi connectivity index (χ0n) is 14.1. The van der Waals surface area contributed by atoms with E-state index in [1.807, 2.05) is 0 Å². The first-order valence-corrected chi connectivity index (χ1v) is 8.60. The van der Waals surface area contributed by atoms with Gasteiger partial charge in [-0.15, -0.1) is 0 Å². The average Bonchev–Trinajstić information content (AvgIpc) is 3.06. The maximum absolute atomic E-state index is 13.3. The third-order valence-electron chi connectivity index (χ3n) is 3.48. The number of carbonyl (C=O) groups is 1. The monoisotopic (exact) mass is 432 g/mol. The van der Waals surface area contributed by atoms with Crippen molar-refractivity contribution in [3.63, 3.8) is 0 Å². The van der Waals surface area contributed by atoms with Crippen LogP contribution in [0, 0.1) is 0 Å². The third kappa shape index (κ3) is 5.02. The molecule has 12 heteroatoms. The van der Waals surface area contributed by atoms with Crippen molar-refractivity contribution >= 4 is 28.2 Å². The van der Waals surface area contributed by atoms with E-state index < -0.39 is 34.5 Å². The molecular weight excluding hydrogens is 422 g/mol. The summed E-state index contributed by atoms with van der Waals surface area (Å²) >= 11 is 0.209. The molecular formula is C17H10F6N4OS. The number of hydrogen-bond acceptors (Lipinski definition) is 4. The Morgan fingerprint density at radius 1 is 0.897 bits per heavy atom. The molecule has 0 aliphatic carbocycles. The molecule has 0 saturated carbocycles. The first-order chi connectivity index (χ1) is 13.5. The Labute approximate surface area is 163 Å². The number of thiazole rings is 1. The molecule has 2 aromatic heterocycles. The minimum Gasteiger partial charge on any atom is -0.308 e. The molecule has 5 nitrogen and oxygen atoms in total. The molecule has 0 fully saturated rings. The van der Waals surface area contributed by atoms with Crippen molar-refractivity contribution in [2.45, 2.75) is 12.4 Å². The fourth-order valence-corrected chi connectivity index (χ4v) is 3.08. The second-order valence-corrected chi connectivity index (χ2v) is 6.56. The predicted molar refractivity (Wildman–Crippen MR) is 94.4 cm³/mol. The van der Waals surface area contributed by atoms with Gasteiger partial charge in [-0.1, -0.05) is 17.4 Å². The van der Waals surface area contributed by atoms with Gasteiger partial charge in [-0.25, -0.2) is 9.78 Å². The number of nitrogens with one attached hydrogen (secondary N) is 2. The Morgan fingerprint density at radius 2 is 1.59 bits per heavy atom. The number of halogens is 6. The van der Waals surface area contributed by atoms with Gasteiger partial charge in [-0.2, -0.15) is 26.3 Å². The summed E-state index contributed by atoms with van der Waals surface area (Å²) in [7, 11) is 0. The smallest absolute Gasteiger partial charge is 0.308 e. The van der Waals surface area contributed by atoms with E-state index in [1.54, 1.807) is 0 Å². The SMILES string of the molecule is O=C(Nc1ccc(C(F)(F)F)cc1)Nc1nc(-c2ccccn2)c(C(F)(F)F)s1. The van der Waals surface area contributed by atoms with Crippen LogP contribution in [-0.4, -0.2) is 16.0 Å². The number of carbonyl (C=O) groups excluding carboxylic acids is 1. The lowest BCUT2D eigenvalue weighted by molar-refractivity contribution is -0.137. The van der Waals surface area contributed by atoms with E-state index in [4.69, 9.17) is 0 Å². The van der Waals surface area contributed by atoms with Crippen LogP contribution in [0.5, 0.6) is 0 Å². The Bertz CT molecular complexity index is 1000. The lowest BCUT2D eigenvalue weighted by Gasteiger charge is -2.08. The highest BCUT2D eigenvalue weighted by molar-refractivity contribution is 7.16. The van der Waals surface area contributed by atoms with Crippen LogP contribution in [0.1, 0.15) is 10.4 Å². The molecule has 0 bridgehead atoms. The summed E-state index contributed by atoms with van der Waals surface area (Å²) in [6.07, 6.45) is -7.94. The zero-order chi connectivity index (χ0) is 21.2. The van der Waals surface area contributed by atoms with Crippen molar-refractivity contribution in [3.8, 4) is 11.4 Å². The van der Waals surface area contributed by atoms with Gasteiger partial charge >= 0.3 is 18.4 Å². The molecule has 3 rings (SSSR count).